The zero-order valence-corrected chi connectivity index (χ0v) is 13.4. The van der Waals surface area contributed by atoms with E-state index in [9.17, 15) is 4.79 Å². The Morgan fingerprint density at radius 2 is 1.83 bits per heavy atom. The van der Waals surface area contributed by atoms with Gasteiger partial charge in [0.05, 0.1) is 15.1 Å². The summed E-state index contributed by atoms with van der Waals surface area (Å²) < 4.78 is 1.05. The van der Waals surface area contributed by atoms with Crippen molar-refractivity contribution >= 4 is 43.9 Å². The molecule has 0 unspecified atom stereocenters. The number of nitrogens with one attached hydrogen (secondary N) is 1. The molecule has 112 valence electrons. The lowest BCUT2D eigenvalue weighted by Gasteiger charge is -1.97. The molecule has 0 atom stereocenters. The van der Waals surface area contributed by atoms with Crippen molar-refractivity contribution in [3.63, 3.8) is 0 Å². The summed E-state index contributed by atoms with van der Waals surface area (Å²) in [5.74, 6) is -0.155. The number of nitrogens with zero attached hydrogens (tertiary/aromatic N) is 3. The van der Waals surface area contributed by atoms with Crippen LogP contribution in [0.15, 0.2) is 55.1 Å². The summed E-state index contributed by atoms with van der Waals surface area (Å²) in [4.78, 5) is 26.4. The van der Waals surface area contributed by atoms with Gasteiger partial charge in [-0.05, 0) is 24.3 Å². The highest BCUT2D eigenvalue weighted by molar-refractivity contribution is 7.22. The fraction of sp³-hybridized carbons (Fsp3) is 0. The number of carbonyl (C=O) groups is 1. The normalized spacial score (nSPS) is 10.8. The molecule has 1 aromatic carbocycles. The minimum Gasteiger partial charge on any atom is -0.297 e. The summed E-state index contributed by atoms with van der Waals surface area (Å²) in [7, 11) is 0. The Kier molecular flexibility index (Phi) is 3.57. The molecule has 3 aromatic heterocycles. The molecular formula is C16H10N4OS2. The van der Waals surface area contributed by atoms with Crippen LogP contribution in [-0.2, 0) is 0 Å². The topological polar surface area (TPSA) is 67.8 Å². The number of aromatic nitrogens is 3. The number of thiazole rings is 1. The lowest BCUT2D eigenvalue weighted by Crippen LogP contribution is -2.09. The van der Waals surface area contributed by atoms with E-state index in [2.05, 4.69) is 20.3 Å². The van der Waals surface area contributed by atoms with Crippen molar-refractivity contribution in [2.75, 3.05) is 5.32 Å². The Morgan fingerprint density at radius 1 is 1.00 bits per heavy atom. The van der Waals surface area contributed by atoms with Gasteiger partial charge in [-0.15, -0.1) is 11.3 Å². The van der Waals surface area contributed by atoms with Crippen LogP contribution in [0.25, 0.3) is 20.7 Å². The molecule has 0 spiro atoms. The second-order valence-electron chi connectivity index (χ2n) is 4.73. The Balaban J connectivity index is 1.56. The van der Waals surface area contributed by atoms with Gasteiger partial charge in [0.1, 0.15) is 6.33 Å². The van der Waals surface area contributed by atoms with Crippen molar-refractivity contribution in [2.45, 2.75) is 0 Å². The van der Waals surface area contributed by atoms with Crippen molar-refractivity contribution in [1.82, 2.24) is 15.0 Å². The number of rotatable bonds is 3. The molecule has 23 heavy (non-hydrogen) atoms. The van der Waals surface area contributed by atoms with E-state index in [0.717, 1.165) is 20.7 Å². The van der Waals surface area contributed by atoms with E-state index in [0.29, 0.717) is 10.0 Å². The Labute approximate surface area is 139 Å². The summed E-state index contributed by atoms with van der Waals surface area (Å²) >= 11 is 2.87. The highest BCUT2D eigenvalue weighted by Gasteiger charge is 2.13. The van der Waals surface area contributed by atoms with Crippen molar-refractivity contribution in [1.29, 1.82) is 0 Å². The van der Waals surface area contributed by atoms with Gasteiger partial charge < -0.3 is 0 Å². The number of hydrogen-bond donors (Lipinski definition) is 1. The maximum Gasteiger partial charge on any atom is 0.267 e. The SMILES string of the molecule is O=C(Nc1nc2ccccc2s1)c1ccc(-c2cncnc2)s1. The first-order valence-electron chi connectivity index (χ1n) is 6.82. The molecule has 0 aliphatic rings. The van der Waals surface area contributed by atoms with Gasteiger partial charge in [-0.1, -0.05) is 23.5 Å². The second-order valence-corrected chi connectivity index (χ2v) is 6.85. The summed E-state index contributed by atoms with van der Waals surface area (Å²) in [5.41, 5.74) is 1.79. The Hall–Kier alpha value is -2.64. The first-order valence-corrected chi connectivity index (χ1v) is 8.45. The average Bonchev–Trinajstić information content (AvgIpc) is 3.22. The van der Waals surface area contributed by atoms with Gasteiger partial charge in [0.2, 0.25) is 0 Å². The smallest absolute Gasteiger partial charge is 0.267 e. The zero-order chi connectivity index (χ0) is 15.6. The molecule has 1 amide bonds. The van der Waals surface area contributed by atoms with Crippen LogP contribution >= 0.6 is 22.7 Å². The van der Waals surface area contributed by atoms with Gasteiger partial charge in [-0.2, -0.15) is 0 Å². The maximum absolute atomic E-state index is 12.4. The van der Waals surface area contributed by atoms with E-state index in [1.165, 1.54) is 29.0 Å². The number of benzene rings is 1. The van der Waals surface area contributed by atoms with Gasteiger partial charge in [0, 0.05) is 22.8 Å². The van der Waals surface area contributed by atoms with E-state index >= 15 is 0 Å². The van der Waals surface area contributed by atoms with Crippen LogP contribution in [0.2, 0.25) is 0 Å². The van der Waals surface area contributed by atoms with Gasteiger partial charge in [-0.3, -0.25) is 10.1 Å². The number of thiophene rings is 1. The van der Waals surface area contributed by atoms with E-state index < -0.39 is 0 Å². The van der Waals surface area contributed by atoms with Crippen molar-refractivity contribution in [3.05, 3.63) is 60.0 Å². The number of anilines is 1. The number of carbonyl (C=O) groups excluding carboxylic acids is 1. The lowest BCUT2D eigenvalue weighted by molar-refractivity contribution is 0.103. The first-order chi connectivity index (χ1) is 11.3. The summed E-state index contributed by atoms with van der Waals surface area (Å²) in [5, 5.41) is 3.47. The van der Waals surface area contributed by atoms with Gasteiger partial charge in [0.15, 0.2) is 5.13 Å². The highest BCUT2D eigenvalue weighted by atomic mass is 32.1. The second kappa shape index (κ2) is 5.86. The van der Waals surface area contributed by atoms with Gasteiger partial charge in [-0.25, -0.2) is 15.0 Å². The van der Waals surface area contributed by atoms with Crippen molar-refractivity contribution in [3.8, 4) is 10.4 Å². The van der Waals surface area contributed by atoms with Crippen LogP contribution in [0.1, 0.15) is 9.67 Å². The van der Waals surface area contributed by atoms with Crippen LogP contribution in [0.3, 0.4) is 0 Å². The van der Waals surface area contributed by atoms with Crippen LogP contribution in [0.5, 0.6) is 0 Å². The zero-order valence-electron chi connectivity index (χ0n) is 11.8. The van der Waals surface area contributed by atoms with E-state index in [1.54, 1.807) is 18.5 Å². The number of para-hydroxylation sites is 1. The van der Waals surface area contributed by atoms with Gasteiger partial charge in [0.25, 0.3) is 5.91 Å². The third kappa shape index (κ3) is 2.84. The minimum atomic E-state index is -0.155. The largest absolute Gasteiger partial charge is 0.297 e. The predicted molar refractivity (Wildman–Crippen MR) is 92.9 cm³/mol. The molecule has 0 saturated carbocycles. The number of fused-ring (bicyclic) bond motifs is 1. The first kappa shape index (κ1) is 14.0. The minimum absolute atomic E-state index is 0.155. The van der Waals surface area contributed by atoms with Crippen LogP contribution < -0.4 is 5.32 Å². The lowest BCUT2D eigenvalue weighted by atomic mass is 10.3. The monoisotopic (exact) mass is 338 g/mol. The van der Waals surface area contributed by atoms with Gasteiger partial charge >= 0.3 is 0 Å². The fourth-order valence-corrected chi connectivity index (χ4v) is 3.86. The summed E-state index contributed by atoms with van der Waals surface area (Å²) in [6.45, 7) is 0. The standard InChI is InChI=1S/C16H10N4OS2/c21-15(20-16-19-11-3-1-2-4-13(11)23-16)14-6-5-12(22-14)10-7-17-9-18-8-10/h1-9H,(H,19,20,21). The molecule has 1 N–H and O–H groups in total. The predicted octanol–water partition coefficient (Wildman–Crippen LogP) is 4.07. The molecule has 0 radical (unpaired) electrons. The third-order valence-corrected chi connectivity index (χ3v) is 5.27. The molecule has 7 heteroatoms. The van der Waals surface area contributed by atoms with Crippen molar-refractivity contribution in [2.24, 2.45) is 0 Å². The Morgan fingerprint density at radius 3 is 2.65 bits per heavy atom. The molecule has 3 heterocycles. The van der Waals surface area contributed by atoms with Crippen LogP contribution in [0, 0.1) is 0 Å². The molecule has 0 bridgehead atoms. The Bertz CT molecular complexity index is 945. The van der Waals surface area contributed by atoms with E-state index in [4.69, 9.17) is 0 Å². The molecule has 5 nitrogen and oxygen atoms in total. The van der Waals surface area contributed by atoms with E-state index in [-0.39, 0.29) is 5.91 Å². The van der Waals surface area contributed by atoms with Crippen LogP contribution in [0.4, 0.5) is 5.13 Å². The third-order valence-electron chi connectivity index (χ3n) is 3.19. The molecule has 0 fully saturated rings. The quantitative estimate of drug-likeness (QED) is 0.611. The fourth-order valence-electron chi connectivity index (χ4n) is 2.13. The molecule has 4 rings (SSSR count). The number of amides is 1. The summed E-state index contributed by atoms with van der Waals surface area (Å²) in [6.07, 6.45) is 4.94. The number of hydrogen-bond acceptors (Lipinski definition) is 6. The maximum atomic E-state index is 12.4. The molecule has 0 aliphatic heterocycles. The highest BCUT2D eigenvalue weighted by Crippen LogP contribution is 2.29. The molecule has 0 aliphatic carbocycles. The molecular weight excluding hydrogens is 328 g/mol. The summed E-state index contributed by atoms with van der Waals surface area (Å²) in [6, 6.07) is 11.5. The average molecular weight is 338 g/mol. The van der Waals surface area contributed by atoms with Crippen LogP contribution in [-0.4, -0.2) is 20.9 Å². The molecule has 0 saturated heterocycles. The molecule has 4 aromatic rings. The van der Waals surface area contributed by atoms with E-state index in [1.807, 2.05) is 30.3 Å². The van der Waals surface area contributed by atoms with Crippen molar-refractivity contribution < 1.29 is 4.79 Å².